The number of hydrogen-bond acceptors (Lipinski definition) is 5. The molecule has 7 nitrogen and oxygen atoms in total. The zero-order valence-electron chi connectivity index (χ0n) is 13.9. The van der Waals surface area contributed by atoms with Crippen LogP contribution in [0.15, 0.2) is 12.4 Å². The molecule has 1 N–H and O–H groups in total. The molecule has 10 heteroatoms. The van der Waals surface area contributed by atoms with Crippen LogP contribution in [0.25, 0.3) is 0 Å². The minimum Gasteiger partial charge on any atom is -0.481 e. The van der Waals surface area contributed by atoms with Gasteiger partial charge in [0.05, 0.1) is 11.5 Å². The monoisotopic (exact) mass is 363 g/mol. The summed E-state index contributed by atoms with van der Waals surface area (Å²) < 4.78 is 42.6. The van der Waals surface area contributed by atoms with Crippen molar-refractivity contribution in [2.75, 3.05) is 26.3 Å². The number of carboxylic acids is 1. The van der Waals surface area contributed by atoms with E-state index in [-0.39, 0.29) is 18.7 Å². The van der Waals surface area contributed by atoms with E-state index in [9.17, 15) is 22.8 Å². The summed E-state index contributed by atoms with van der Waals surface area (Å²) in [7, 11) is 0. The first kappa shape index (κ1) is 20.8. The Morgan fingerprint density at radius 2 is 1.92 bits per heavy atom. The van der Waals surface area contributed by atoms with Gasteiger partial charge in [-0.1, -0.05) is 6.92 Å². The van der Waals surface area contributed by atoms with Crippen molar-refractivity contribution in [1.82, 2.24) is 14.9 Å². The second-order valence-corrected chi connectivity index (χ2v) is 5.33. The molecule has 0 aromatic carbocycles. The zero-order chi connectivity index (χ0) is 19.0. The SMILES string of the molecule is CCOCCCN(CC(C)C(=O)O)C(=O)c1cnc(C(F)(F)F)nc1. The highest BCUT2D eigenvalue weighted by Gasteiger charge is 2.34. The van der Waals surface area contributed by atoms with Crippen LogP contribution in [0.2, 0.25) is 0 Å². The van der Waals surface area contributed by atoms with Crippen molar-refractivity contribution < 1.29 is 32.6 Å². The summed E-state index contributed by atoms with van der Waals surface area (Å²) in [6.07, 6.45) is -2.65. The maximum absolute atomic E-state index is 12.5. The maximum atomic E-state index is 12.5. The van der Waals surface area contributed by atoms with Gasteiger partial charge in [0, 0.05) is 38.7 Å². The molecule has 0 aliphatic rings. The van der Waals surface area contributed by atoms with Gasteiger partial charge in [0.2, 0.25) is 5.82 Å². The number of nitrogens with zero attached hydrogens (tertiary/aromatic N) is 3. The number of carboxylic acid groups (broad SMARTS) is 1. The Bertz CT molecular complexity index is 578. The van der Waals surface area contributed by atoms with E-state index in [4.69, 9.17) is 9.84 Å². The largest absolute Gasteiger partial charge is 0.481 e. The van der Waals surface area contributed by atoms with E-state index in [0.29, 0.717) is 19.6 Å². The zero-order valence-corrected chi connectivity index (χ0v) is 13.9. The third kappa shape index (κ3) is 6.65. The molecule has 1 amide bonds. The van der Waals surface area contributed by atoms with Crippen LogP contribution >= 0.6 is 0 Å². The molecule has 1 aromatic heterocycles. The van der Waals surface area contributed by atoms with Gasteiger partial charge in [-0.2, -0.15) is 13.2 Å². The van der Waals surface area contributed by atoms with Crippen molar-refractivity contribution in [3.63, 3.8) is 0 Å². The molecule has 1 unspecified atom stereocenters. The predicted molar refractivity (Wildman–Crippen MR) is 80.8 cm³/mol. The molecular weight excluding hydrogens is 343 g/mol. The summed E-state index contributed by atoms with van der Waals surface area (Å²) in [5, 5.41) is 9.01. The van der Waals surface area contributed by atoms with E-state index in [1.165, 1.54) is 11.8 Å². The van der Waals surface area contributed by atoms with E-state index in [2.05, 4.69) is 9.97 Å². The topological polar surface area (TPSA) is 92.6 Å². The second kappa shape index (κ2) is 9.30. The van der Waals surface area contributed by atoms with E-state index >= 15 is 0 Å². The van der Waals surface area contributed by atoms with E-state index in [1.807, 2.05) is 6.92 Å². The molecule has 0 radical (unpaired) electrons. The van der Waals surface area contributed by atoms with Crippen molar-refractivity contribution in [3.05, 3.63) is 23.8 Å². The van der Waals surface area contributed by atoms with Gasteiger partial charge in [-0.05, 0) is 13.3 Å². The number of aromatic nitrogens is 2. The Balaban J connectivity index is 2.87. The summed E-state index contributed by atoms with van der Waals surface area (Å²) in [5.74, 6) is -3.87. The maximum Gasteiger partial charge on any atom is 0.451 e. The van der Waals surface area contributed by atoms with Crippen LogP contribution in [0.3, 0.4) is 0 Å². The minimum absolute atomic E-state index is 0.0820. The lowest BCUT2D eigenvalue weighted by molar-refractivity contribution is -0.145. The Morgan fingerprint density at radius 3 is 2.40 bits per heavy atom. The van der Waals surface area contributed by atoms with Crippen LogP contribution in [0.1, 0.15) is 36.5 Å². The Morgan fingerprint density at radius 1 is 1.32 bits per heavy atom. The number of carbonyl (C=O) groups is 2. The highest BCUT2D eigenvalue weighted by atomic mass is 19.4. The van der Waals surface area contributed by atoms with Crippen LogP contribution in [0.4, 0.5) is 13.2 Å². The lowest BCUT2D eigenvalue weighted by Crippen LogP contribution is -2.38. The third-order valence-corrected chi connectivity index (χ3v) is 3.28. The number of amides is 1. The van der Waals surface area contributed by atoms with Crippen LogP contribution in [-0.2, 0) is 15.7 Å². The van der Waals surface area contributed by atoms with Gasteiger partial charge in [-0.15, -0.1) is 0 Å². The Labute approximate surface area is 142 Å². The van der Waals surface area contributed by atoms with Gasteiger partial charge in [0.1, 0.15) is 0 Å². The highest BCUT2D eigenvalue weighted by Crippen LogP contribution is 2.25. The Hall–Kier alpha value is -2.23. The fourth-order valence-electron chi connectivity index (χ4n) is 1.95. The number of aliphatic carboxylic acids is 1. The molecule has 0 fully saturated rings. The highest BCUT2D eigenvalue weighted by molar-refractivity contribution is 5.93. The van der Waals surface area contributed by atoms with E-state index in [1.54, 1.807) is 0 Å². The van der Waals surface area contributed by atoms with Gasteiger partial charge < -0.3 is 14.7 Å². The van der Waals surface area contributed by atoms with Crippen molar-refractivity contribution >= 4 is 11.9 Å². The molecule has 1 atom stereocenters. The van der Waals surface area contributed by atoms with Gasteiger partial charge in [-0.25, -0.2) is 9.97 Å². The summed E-state index contributed by atoms with van der Waals surface area (Å²) >= 11 is 0. The molecule has 1 rings (SSSR count). The van der Waals surface area contributed by atoms with Crippen molar-refractivity contribution in [1.29, 1.82) is 0 Å². The number of alkyl halides is 3. The van der Waals surface area contributed by atoms with Gasteiger partial charge >= 0.3 is 12.1 Å². The number of carbonyl (C=O) groups excluding carboxylic acids is 1. The molecule has 1 heterocycles. The minimum atomic E-state index is -4.70. The van der Waals surface area contributed by atoms with Gasteiger partial charge in [0.15, 0.2) is 0 Å². The average molecular weight is 363 g/mol. The van der Waals surface area contributed by atoms with Gasteiger partial charge in [-0.3, -0.25) is 9.59 Å². The second-order valence-electron chi connectivity index (χ2n) is 5.33. The summed E-state index contributed by atoms with van der Waals surface area (Å²) in [5.41, 5.74) is -0.137. The van der Waals surface area contributed by atoms with Gasteiger partial charge in [0.25, 0.3) is 5.91 Å². The first-order valence-corrected chi connectivity index (χ1v) is 7.65. The first-order chi connectivity index (χ1) is 11.7. The lowest BCUT2D eigenvalue weighted by Gasteiger charge is -2.24. The predicted octanol–water partition coefficient (Wildman–Crippen LogP) is 2.08. The van der Waals surface area contributed by atoms with Crippen LogP contribution in [-0.4, -0.2) is 58.2 Å². The number of rotatable bonds is 9. The smallest absolute Gasteiger partial charge is 0.451 e. The van der Waals surface area contributed by atoms with Crippen LogP contribution in [0, 0.1) is 5.92 Å². The van der Waals surface area contributed by atoms with Crippen LogP contribution in [0.5, 0.6) is 0 Å². The molecule has 0 saturated heterocycles. The standard InChI is InChI=1S/C15H20F3N3O4/c1-3-25-6-4-5-21(9-10(2)13(23)24)12(22)11-7-19-14(20-8-11)15(16,17)18/h7-8,10H,3-6,9H2,1-2H3,(H,23,24). The first-order valence-electron chi connectivity index (χ1n) is 7.65. The Kier molecular flexibility index (Phi) is 7.75. The molecule has 0 bridgehead atoms. The van der Waals surface area contributed by atoms with Crippen molar-refractivity contribution in [3.8, 4) is 0 Å². The van der Waals surface area contributed by atoms with Crippen molar-refractivity contribution in [2.24, 2.45) is 5.92 Å². The average Bonchev–Trinajstić information content (AvgIpc) is 2.56. The molecule has 25 heavy (non-hydrogen) atoms. The normalized spacial score (nSPS) is 12.7. The van der Waals surface area contributed by atoms with Crippen LogP contribution < -0.4 is 0 Å². The fourth-order valence-corrected chi connectivity index (χ4v) is 1.95. The fraction of sp³-hybridized carbons (Fsp3) is 0.600. The molecule has 0 aliphatic carbocycles. The quantitative estimate of drug-likeness (QED) is 0.676. The molecule has 0 saturated carbocycles. The van der Waals surface area contributed by atoms with E-state index in [0.717, 1.165) is 12.4 Å². The molecule has 140 valence electrons. The molecular formula is C15H20F3N3O4. The molecule has 0 aliphatic heterocycles. The van der Waals surface area contributed by atoms with E-state index < -0.39 is 29.8 Å². The number of ether oxygens (including phenoxy) is 1. The lowest BCUT2D eigenvalue weighted by atomic mass is 10.1. The molecule has 0 spiro atoms. The number of halogens is 3. The third-order valence-electron chi connectivity index (χ3n) is 3.28. The number of hydrogen-bond donors (Lipinski definition) is 1. The summed E-state index contributed by atoms with van der Waals surface area (Å²) in [6, 6.07) is 0. The summed E-state index contributed by atoms with van der Waals surface area (Å²) in [4.78, 5) is 31.0. The van der Waals surface area contributed by atoms with Crippen molar-refractivity contribution in [2.45, 2.75) is 26.4 Å². The summed E-state index contributed by atoms with van der Waals surface area (Å²) in [6.45, 7) is 4.26. The molecule has 1 aromatic rings.